The van der Waals surface area contributed by atoms with Gasteiger partial charge in [0.1, 0.15) is 24.6 Å². The summed E-state index contributed by atoms with van der Waals surface area (Å²) in [6.07, 6.45) is 0.210. The van der Waals surface area contributed by atoms with Crippen molar-refractivity contribution in [3.05, 3.63) is 95.6 Å². The molecule has 224 valence electrons. The molecule has 0 aromatic heterocycles. The molecule has 0 radical (unpaired) electrons. The molecule has 10 nitrogen and oxygen atoms in total. The average Bonchev–Trinajstić information content (AvgIpc) is 3.35. The second-order valence-electron chi connectivity index (χ2n) is 11.2. The number of nitrogens with one attached hydrogen (secondary N) is 1. The predicted molar refractivity (Wildman–Crippen MR) is 163 cm³/mol. The first-order valence-electron chi connectivity index (χ1n) is 14.9. The van der Waals surface area contributed by atoms with E-state index in [-0.39, 0.29) is 30.9 Å². The van der Waals surface area contributed by atoms with Crippen molar-refractivity contribution in [2.75, 3.05) is 44.7 Å². The molecule has 0 spiro atoms. The lowest BCUT2D eigenvalue weighted by atomic mass is 9.99. The van der Waals surface area contributed by atoms with E-state index in [0.717, 1.165) is 34.7 Å². The number of hydrogen-bond donors (Lipinski definition) is 1. The highest BCUT2D eigenvalue weighted by molar-refractivity contribution is 5.92. The summed E-state index contributed by atoms with van der Waals surface area (Å²) in [5.41, 5.74) is 3.70. The lowest BCUT2D eigenvalue weighted by molar-refractivity contribution is -0.158. The van der Waals surface area contributed by atoms with E-state index in [2.05, 4.69) is 10.2 Å². The molecule has 10 heteroatoms. The van der Waals surface area contributed by atoms with Gasteiger partial charge in [-0.15, -0.1) is 0 Å². The number of para-hydroxylation sites is 1. The van der Waals surface area contributed by atoms with E-state index in [4.69, 9.17) is 4.74 Å². The normalized spacial score (nSPS) is 20.0. The standard InChI is InChI=1S/C33H38N6O4/c1-3-17-37(33(42)34-20-24-11-6-4-7-12-24)38-23-29(40)39-28(38)22-36(32(41)31(39)25-13-8-5-9-14-25)21-26-15-10-16-27-30(26)35(2)18-19-43-27/h4-16,28,31H,3,17-23H2,1-2H3,(H,34,42)/t28-,31+/m1/s1. The van der Waals surface area contributed by atoms with Gasteiger partial charge < -0.3 is 24.8 Å². The van der Waals surface area contributed by atoms with Gasteiger partial charge in [-0.2, -0.15) is 5.01 Å². The van der Waals surface area contributed by atoms with Crippen LogP contribution in [0.4, 0.5) is 10.5 Å². The van der Waals surface area contributed by atoms with E-state index in [9.17, 15) is 14.4 Å². The third-order valence-electron chi connectivity index (χ3n) is 8.35. The number of amides is 4. The van der Waals surface area contributed by atoms with Gasteiger partial charge in [-0.1, -0.05) is 79.7 Å². The molecule has 2 atom stereocenters. The van der Waals surface area contributed by atoms with Crippen molar-refractivity contribution in [2.45, 2.75) is 38.6 Å². The summed E-state index contributed by atoms with van der Waals surface area (Å²) in [6.45, 7) is 4.85. The highest BCUT2D eigenvalue weighted by Crippen LogP contribution is 2.39. The van der Waals surface area contributed by atoms with Crippen LogP contribution in [0.5, 0.6) is 5.75 Å². The van der Waals surface area contributed by atoms with Gasteiger partial charge in [0.2, 0.25) is 5.91 Å². The Kier molecular flexibility index (Phi) is 8.20. The first-order chi connectivity index (χ1) is 21.0. The Balaban J connectivity index is 1.32. The van der Waals surface area contributed by atoms with Crippen molar-refractivity contribution in [3.8, 4) is 5.75 Å². The molecule has 43 heavy (non-hydrogen) atoms. The maximum Gasteiger partial charge on any atom is 0.332 e. The summed E-state index contributed by atoms with van der Waals surface area (Å²) in [4.78, 5) is 47.2. The number of benzene rings is 3. The van der Waals surface area contributed by atoms with Crippen molar-refractivity contribution in [3.63, 3.8) is 0 Å². The first-order valence-corrected chi connectivity index (χ1v) is 14.9. The molecule has 0 bridgehead atoms. The van der Waals surface area contributed by atoms with Crippen LogP contribution in [0.15, 0.2) is 78.9 Å². The Hall–Kier alpha value is -4.57. The number of ether oxygens (including phenoxy) is 1. The maximum atomic E-state index is 14.2. The molecular formula is C33H38N6O4. The third kappa shape index (κ3) is 5.62. The summed E-state index contributed by atoms with van der Waals surface area (Å²) < 4.78 is 5.92. The fraction of sp³-hybridized carbons (Fsp3) is 0.364. The number of hydrazine groups is 1. The minimum absolute atomic E-state index is 0.0190. The number of likely N-dealkylation sites (N-methyl/N-ethyl adjacent to an activating group) is 1. The van der Waals surface area contributed by atoms with Crippen LogP contribution in [0, 0.1) is 0 Å². The number of carbonyl (C=O) groups excluding carboxylic acids is 3. The van der Waals surface area contributed by atoms with Crippen molar-refractivity contribution in [1.29, 1.82) is 0 Å². The van der Waals surface area contributed by atoms with Crippen molar-refractivity contribution in [1.82, 2.24) is 25.1 Å². The molecule has 1 N–H and O–H groups in total. The van der Waals surface area contributed by atoms with Crippen LogP contribution >= 0.6 is 0 Å². The number of piperazine rings is 1. The molecule has 0 unspecified atom stereocenters. The van der Waals surface area contributed by atoms with Crippen LogP contribution in [0.3, 0.4) is 0 Å². The van der Waals surface area contributed by atoms with E-state index in [1.165, 1.54) is 0 Å². The highest BCUT2D eigenvalue weighted by atomic mass is 16.5. The Morgan fingerprint density at radius 1 is 1.00 bits per heavy atom. The van der Waals surface area contributed by atoms with Gasteiger partial charge in [0, 0.05) is 26.7 Å². The van der Waals surface area contributed by atoms with Gasteiger partial charge >= 0.3 is 6.03 Å². The van der Waals surface area contributed by atoms with Gasteiger partial charge in [-0.05, 0) is 29.2 Å². The molecule has 3 aliphatic heterocycles. The maximum absolute atomic E-state index is 14.2. The summed E-state index contributed by atoms with van der Waals surface area (Å²) >= 11 is 0. The molecule has 0 aliphatic carbocycles. The van der Waals surface area contributed by atoms with Gasteiger partial charge in [0.25, 0.3) is 5.91 Å². The van der Waals surface area contributed by atoms with Crippen LogP contribution in [0.25, 0.3) is 0 Å². The Morgan fingerprint density at radius 2 is 1.74 bits per heavy atom. The number of anilines is 1. The minimum atomic E-state index is -0.790. The van der Waals surface area contributed by atoms with Crippen molar-refractivity contribution >= 4 is 23.5 Å². The average molecular weight is 583 g/mol. The molecule has 3 aliphatic rings. The van der Waals surface area contributed by atoms with Gasteiger partial charge in [0.15, 0.2) is 0 Å². The largest absolute Gasteiger partial charge is 0.490 e. The van der Waals surface area contributed by atoms with Crippen LogP contribution in [0.1, 0.15) is 36.1 Å². The first kappa shape index (κ1) is 28.5. The second kappa shape index (κ2) is 12.3. The number of carbonyl (C=O) groups is 3. The van der Waals surface area contributed by atoms with Gasteiger partial charge in [0.05, 0.1) is 25.3 Å². The zero-order valence-electron chi connectivity index (χ0n) is 24.7. The fourth-order valence-corrected chi connectivity index (χ4v) is 6.32. The highest BCUT2D eigenvalue weighted by Gasteiger charge is 2.52. The predicted octanol–water partition coefficient (Wildman–Crippen LogP) is 3.61. The topological polar surface area (TPSA) is 88.7 Å². The van der Waals surface area contributed by atoms with Crippen LogP contribution in [-0.4, -0.2) is 83.7 Å². The lowest BCUT2D eigenvalue weighted by Crippen LogP contribution is -2.63. The van der Waals surface area contributed by atoms with E-state index < -0.39 is 12.2 Å². The smallest absolute Gasteiger partial charge is 0.332 e. The quantitative estimate of drug-likeness (QED) is 0.437. The minimum Gasteiger partial charge on any atom is -0.490 e. The Morgan fingerprint density at radius 3 is 2.49 bits per heavy atom. The molecule has 0 saturated carbocycles. The lowest BCUT2D eigenvalue weighted by Gasteiger charge is -2.46. The number of nitrogens with zero attached hydrogens (tertiary/aromatic N) is 5. The zero-order chi connectivity index (χ0) is 29.9. The summed E-state index contributed by atoms with van der Waals surface area (Å²) in [5.74, 6) is 0.498. The SMILES string of the molecule is CCCN(C(=O)NCc1ccccc1)N1CC(=O)N2[C@@H](c3ccccc3)C(=O)N(Cc3cccc4c3N(C)CCO4)C[C@@H]21. The molecule has 4 amide bonds. The Bertz CT molecular complexity index is 1470. The molecule has 6 rings (SSSR count). The van der Waals surface area contributed by atoms with E-state index >= 15 is 0 Å². The number of rotatable bonds is 8. The van der Waals surface area contributed by atoms with E-state index in [1.807, 2.05) is 103 Å². The summed E-state index contributed by atoms with van der Waals surface area (Å²) in [5, 5.41) is 6.52. The zero-order valence-corrected chi connectivity index (χ0v) is 24.7. The van der Waals surface area contributed by atoms with Crippen molar-refractivity contribution in [2.24, 2.45) is 0 Å². The summed E-state index contributed by atoms with van der Waals surface area (Å²) in [7, 11) is 2.03. The monoisotopic (exact) mass is 582 g/mol. The number of hydrogen-bond acceptors (Lipinski definition) is 6. The van der Waals surface area contributed by atoms with Gasteiger partial charge in [-0.3, -0.25) is 14.6 Å². The van der Waals surface area contributed by atoms with Crippen LogP contribution in [0.2, 0.25) is 0 Å². The molecule has 3 aromatic rings. The third-order valence-corrected chi connectivity index (χ3v) is 8.35. The summed E-state index contributed by atoms with van der Waals surface area (Å²) in [6, 6.07) is 24.1. The van der Waals surface area contributed by atoms with Crippen LogP contribution < -0.4 is 15.0 Å². The molecular weight excluding hydrogens is 544 g/mol. The second-order valence-corrected chi connectivity index (χ2v) is 11.2. The number of urea groups is 1. The Labute approximate surface area is 252 Å². The van der Waals surface area contributed by atoms with Crippen LogP contribution in [-0.2, 0) is 22.7 Å². The number of fused-ring (bicyclic) bond motifs is 2. The molecule has 2 saturated heterocycles. The van der Waals surface area contributed by atoms with E-state index in [1.54, 1.807) is 9.91 Å². The molecule has 3 heterocycles. The van der Waals surface area contributed by atoms with Crippen molar-refractivity contribution < 1.29 is 19.1 Å². The van der Waals surface area contributed by atoms with Gasteiger partial charge in [-0.25, -0.2) is 4.79 Å². The van der Waals surface area contributed by atoms with E-state index in [0.29, 0.717) is 32.7 Å². The molecule has 2 fully saturated rings. The fourth-order valence-electron chi connectivity index (χ4n) is 6.32. The molecule has 3 aromatic carbocycles.